The van der Waals surface area contributed by atoms with Gasteiger partial charge in [-0.1, -0.05) is 6.58 Å². The van der Waals surface area contributed by atoms with Gasteiger partial charge in [0.1, 0.15) is 25.8 Å². The SMILES string of the molecule is C=C(F)COC1COCO1. The lowest BCUT2D eigenvalue weighted by Gasteiger charge is -2.06. The van der Waals surface area contributed by atoms with E-state index in [0.29, 0.717) is 6.61 Å². The van der Waals surface area contributed by atoms with Crippen LogP contribution in [0, 0.1) is 0 Å². The van der Waals surface area contributed by atoms with Gasteiger partial charge in [0.05, 0.1) is 0 Å². The predicted molar refractivity (Wildman–Crippen MR) is 31.9 cm³/mol. The Bertz CT molecular complexity index is 120. The van der Waals surface area contributed by atoms with Crippen LogP contribution in [-0.2, 0) is 14.2 Å². The molecule has 0 aromatic rings. The Hall–Kier alpha value is -0.450. The lowest BCUT2D eigenvalue weighted by atomic mass is 10.6. The molecule has 1 aliphatic rings. The average Bonchev–Trinajstić information content (AvgIpc) is 2.34. The van der Waals surface area contributed by atoms with Crippen LogP contribution in [0.2, 0.25) is 0 Å². The topological polar surface area (TPSA) is 27.7 Å². The molecule has 0 aliphatic carbocycles. The smallest absolute Gasteiger partial charge is 0.184 e. The third-order valence-corrected chi connectivity index (χ3v) is 1.02. The molecule has 10 heavy (non-hydrogen) atoms. The molecule has 1 unspecified atom stereocenters. The fourth-order valence-electron chi connectivity index (χ4n) is 0.596. The van der Waals surface area contributed by atoms with Crippen LogP contribution in [0.3, 0.4) is 0 Å². The minimum Gasteiger partial charge on any atom is -0.350 e. The summed E-state index contributed by atoms with van der Waals surface area (Å²) in [4.78, 5) is 0. The first-order valence-electron chi connectivity index (χ1n) is 2.93. The summed E-state index contributed by atoms with van der Waals surface area (Å²) in [6.07, 6.45) is -0.424. The zero-order valence-electron chi connectivity index (χ0n) is 5.51. The van der Waals surface area contributed by atoms with Crippen molar-refractivity contribution in [2.24, 2.45) is 0 Å². The van der Waals surface area contributed by atoms with E-state index in [1.807, 2.05) is 0 Å². The molecule has 1 fully saturated rings. The standard InChI is InChI=1S/C6H9FO3/c1-5(7)2-9-6-3-8-4-10-6/h6H,1-4H2. The number of ether oxygens (including phenoxy) is 3. The second kappa shape index (κ2) is 3.65. The summed E-state index contributed by atoms with van der Waals surface area (Å²) in [5.41, 5.74) is 0. The van der Waals surface area contributed by atoms with Crippen molar-refractivity contribution < 1.29 is 18.6 Å². The van der Waals surface area contributed by atoms with Gasteiger partial charge >= 0.3 is 0 Å². The minimum absolute atomic E-state index is 0.117. The van der Waals surface area contributed by atoms with Gasteiger partial charge in [0.15, 0.2) is 6.29 Å². The van der Waals surface area contributed by atoms with Crippen molar-refractivity contribution in [2.45, 2.75) is 6.29 Å². The number of rotatable bonds is 3. The van der Waals surface area contributed by atoms with Gasteiger partial charge in [-0.15, -0.1) is 0 Å². The molecule has 58 valence electrons. The van der Waals surface area contributed by atoms with Gasteiger partial charge in [-0.2, -0.15) is 0 Å². The summed E-state index contributed by atoms with van der Waals surface area (Å²) in [6.45, 7) is 3.50. The van der Waals surface area contributed by atoms with Crippen molar-refractivity contribution in [1.29, 1.82) is 0 Å². The van der Waals surface area contributed by atoms with E-state index in [0.717, 1.165) is 0 Å². The van der Waals surface area contributed by atoms with E-state index in [1.54, 1.807) is 0 Å². The van der Waals surface area contributed by atoms with Gasteiger partial charge in [0.2, 0.25) is 0 Å². The molecule has 1 aliphatic heterocycles. The molecule has 3 nitrogen and oxygen atoms in total. The Kier molecular flexibility index (Phi) is 2.80. The molecule has 0 bridgehead atoms. The van der Waals surface area contributed by atoms with Gasteiger partial charge < -0.3 is 14.2 Å². The quantitative estimate of drug-likeness (QED) is 0.593. The van der Waals surface area contributed by atoms with E-state index in [9.17, 15) is 4.39 Å². The highest BCUT2D eigenvalue weighted by Gasteiger charge is 2.15. The van der Waals surface area contributed by atoms with E-state index in [2.05, 4.69) is 6.58 Å². The molecule has 1 heterocycles. The molecule has 0 aromatic carbocycles. The first kappa shape index (κ1) is 7.65. The van der Waals surface area contributed by atoms with Crippen molar-refractivity contribution >= 4 is 0 Å². The van der Waals surface area contributed by atoms with Gasteiger partial charge in [-0.05, 0) is 0 Å². The predicted octanol–water partition coefficient (Wildman–Crippen LogP) is 0.817. The van der Waals surface area contributed by atoms with Gasteiger partial charge in [0, 0.05) is 0 Å². The van der Waals surface area contributed by atoms with E-state index < -0.39 is 12.1 Å². The van der Waals surface area contributed by atoms with Crippen LogP contribution in [0.4, 0.5) is 4.39 Å². The van der Waals surface area contributed by atoms with E-state index in [4.69, 9.17) is 14.2 Å². The summed E-state index contributed by atoms with van der Waals surface area (Å²) >= 11 is 0. The first-order valence-corrected chi connectivity index (χ1v) is 2.93. The average molecular weight is 148 g/mol. The number of hydrogen-bond donors (Lipinski definition) is 0. The molecule has 4 heteroatoms. The highest BCUT2D eigenvalue weighted by molar-refractivity contribution is 4.78. The lowest BCUT2D eigenvalue weighted by molar-refractivity contribution is -0.102. The van der Waals surface area contributed by atoms with Crippen molar-refractivity contribution in [2.75, 3.05) is 20.0 Å². The van der Waals surface area contributed by atoms with Crippen LogP contribution in [0.15, 0.2) is 12.4 Å². The van der Waals surface area contributed by atoms with Gasteiger partial charge in [-0.25, -0.2) is 4.39 Å². The van der Waals surface area contributed by atoms with Crippen LogP contribution in [0.5, 0.6) is 0 Å². The Morgan fingerprint density at radius 1 is 1.80 bits per heavy atom. The summed E-state index contributed by atoms with van der Waals surface area (Å²) < 4.78 is 26.4. The lowest BCUT2D eigenvalue weighted by Crippen LogP contribution is -2.15. The molecule has 0 N–H and O–H groups in total. The zero-order valence-corrected chi connectivity index (χ0v) is 5.51. The maximum absolute atomic E-state index is 11.9. The first-order chi connectivity index (χ1) is 4.79. The van der Waals surface area contributed by atoms with Gasteiger partial charge in [-0.3, -0.25) is 0 Å². The van der Waals surface area contributed by atoms with Crippen molar-refractivity contribution in [3.63, 3.8) is 0 Å². The summed E-state index contributed by atoms with van der Waals surface area (Å²) in [5.74, 6) is -0.504. The fourth-order valence-corrected chi connectivity index (χ4v) is 0.596. The zero-order chi connectivity index (χ0) is 7.40. The summed E-state index contributed by atoms with van der Waals surface area (Å²) in [6, 6.07) is 0. The highest BCUT2D eigenvalue weighted by atomic mass is 19.1. The summed E-state index contributed by atoms with van der Waals surface area (Å²) in [5, 5.41) is 0. The number of halogens is 1. The van der Waals surface area contributed by atoms with Gasteiger partial charge in [0.25, 0.3) is 0 Å². The van der Waals surface area contributed by atoms with Crippen molar-refractivity contribution in [3.8, 4) is 0 Å². The molecular formula is C6H9FO3. The number of hydrogen-bond acceptors (Lipinski definition) is 3. The highest BCUT2D eigenvalue weighted by Crippen LogP contribution is 2.05. The fraction of sp³-hybridized carbons (Fsp3) is 0.667. The van der Waals surface area contributed by atoms with E-state index >= 15 is 0 Å². The monoisotopic (exact) mass is 148 g/mol. The van der Waals surface area contributed by atoms with Crippen molar-refractivity contribution in [1.82, 2.24) is 0 Å². The second-order valence-corrected chi connectivity index (χ2v) is 1.91. The Morgan fingerprint density at radius 2 is 2.60 bits per heavy atom. The van der Waals surface area contributed by atoms with Crippen molar-refractivity contribution in [3.05, 3.63) is 12.4 Å². The van der Waals surface area contributed by atoms with Crippen LogP contribution in [0.1, 0.15) is 0 Å². The van der Waals surface area contributed by atoms with Crippen LogP contribution in [-0.4, -0.2) is 26.3 Å². The normalized spacial score (nSPS) is 25.1. The van der Waals surface area contributed by atoms with E-state index in [-0.39, 0.29) is 13.4 Å². The Morgan fingerprint density at radius 3 is 3.10 bits per heavy atom. The third-order valence-electron chi connectivity index (χ3n) is 1.02. The second-order valence-electron chi connectivity index (χ2n) is 1.91. The van der Waals surface area contributed by atoms with Crippen LogP contribution >= 0.6 is 0 Å². The minimum atomic E-state index is -0.504. The molecule has 0 spiro atoms. The maximum atomic E-state index is 11.9. The molecule has 0 aromatic heterocycles. The largest absolute Gasteiger partial charge is 0.350 e. The molecule has 1 saturated heterocycles. The molecule has 0 radical (unpaired) electrons. The molecule has 0 saturated carbocycles. The van der Waals surface area contributed by atoms with E-state index in [1.165, 1.54) is 0 Å². The third kappa shape index (κ3) is 2.43. The Balaban J connectivity index is 2.07. The Labute approximate surface area is 58.4 Å². The molecular weight excluding hydrogens is 139 g/mol. The molecule has 1 rings (SSSR count). The maximum Gasteiger partial charge on any atom is 0.184 e. The molecule has 0 amide bonds. The van der Waals surface area contributed by atoms with Crippen LogP contribution < -0.4 is 0 Å². The molecule has 1 atom stereocenters. The summed E-state index contributed by atoms with van der Waals surface area (Å²) in [7, 11) is 0. The van der Waals surface area contributed by atoms with Crippen LogP contribution in [0.25, 0.3) is 0 Å².